The van der Waals surface area contributed by atoms with Gasteiger partial charge in [0.2, 0.25) is 0 Å². The van der Waals surface area contributed by atoms with Gasteiger partial charge < -0.3 is 4.74 Å². The summed E-state index contributed by atoms with van der Waals surface area (Å²) in [7, 11) is 0. The zero-order chi connectivity index (χ0) is 24.3. The van der Waals surface area contributed by atoms with Gasteiger partial charge in [0.15, 0.2) is 0 Å². The fourth-order valence-electron chi connectivity index (χ4n) is 2.01. The monoisotopic (exact) mass is 584 g/mol. The number of rotatable bonds is 9. The lowest BCUT2D eigenvalue weighted by atomic mass is 9.97. The van der Waals surface area contributed by atoms with Crippen molar-refractivity contribution in [1.82, 2.24) is 0 Å². The third-order valence-electron chi connectivity index (χ3n) is 3.70. The van der Waals surface area contributed by atoms with E-state index in [9.17, 15) is 53.1 Å². The average molecular weight is 584 g/mol. The first kappa shape index (κ1) is 27.4. The number of hydrogen-bond acceptors (Lipinski definition) is 2. The van der Waals surface area contributed by atoms with Crippen molar-refractivity contribution in [3.63, 3.8) is 0 Å². The molecule has 0 atom stereocenters. The molecule has 0 saturated heterocycles. The Morgan fingerprint density at radius 1 is 0.839 bits per heavy atom. The Hall–Kier alpha value is -1.61. The fraction of sp³-hybridized carbons (Fsp3) is 0.471. The van der Waals surface area contributed by atoms with Crippen LogP contribution >= 0.6 is 22.6 Å². The van der Waals surface area contributed by atoms with Crippen molar-refractivity contribution >= 4 is 28.6 Å². The van der Waals surface area contributed by atoms with Gasteiger partial charge in [-0.2, -0.15) is 48.3 Å². The molecule has 0 aliphatic heterocycles. The Balaban J connectivity index is 2.84. The summed E-state index contributed by atoms with van der Waals surface area (Å²) >= 11 is 0.993. The average Bonchev–Trinajstić information content (AvgIpc) is 2.64. The number of allylic oxidation sites excluding steroid dienone is 2. The van der Waals surface area contributed by atoms with E-state index in [1.54, 1.807) is 6.07 Å². The van der Waals surface area contributed by atoms with Crippen LogP contribution in [0.15, 0.2) is 40.0 Å². The minimum Gasteiger partial charge on any atom is -0.462 e. The van der Waals surface area contributed by atoms with Crippen LogP contribution in [-0.2, 0) is 4.74 Å². The summed E-state index contributed by atoms with van der Waals surface area (Å²) in [5, 5.41) is 0. The summed E-state index contributed by atoms with van der Waals surface area (Å²) in [4.78, 5) is 11.6. The van der Waals surface area contributed by atoms with Crippen molar-refractivity contribution in [3.05, 3.63) is 45.6 Å². The molecular weight excluding hydrogens is 572 g/mol. The molecule has 0 aliphatic rings. The highest BCUT2D eigenvalue weighted by Crippen LogP contribution is 2.57. The molecule has 0 N–H and O–H groups in total. The SMILES string of the molecule is O=C(OCCCC(I)=CC(F)(F)C(F)(F)C(F)(F)C(F)(F)C(F)(F)F)c1ccccc1. The zero-order valence-electron chi connectivity index (χ0n) is 14.9. The molecule has 31 heavy (non-hydrogen) atoms. The molecule has 0 unspecified atom stereocenters. The van der Waals surface area contributed by atoms with E-state index in [1.165, 1.54) is 24.3 Å². The maximum atomic E-state index is 13.6. The minimum absolute atomic E-state index is 0.145. The molecule has 0 fully saturated rings. The normalized spacial score (nSPS) is 14.5. The lowest BCUT2D eigenvalue weighted by molar-refractivity contribution is -0.416. The van der Waals surface area contributed by atoms with E-state index in [4.69, 9.17) is 4.74 Å². The Morgan fingerprint density at radius 3 is 1.84 bits per heavy atom. The Kier molecular flexibility index (Phi) is 8.39. The lowest BCUT2D eigenvalue weighted by Gasteiger charge is -2.36. The van der Waals surface area contributed by atoms with Crippen LogP contribution in [0.2, 0.25) is 0 Å². The maximum absolute atomic E-state index is 13.6. The van der Waals surface area contributed by atoms with Crippen molar-refractivity contribution in [3.8, 4) is 0 Å². The van der Waals surface area contributed by atoms with Crippen LogP contribution in [0, 0.1) is 0 Å². The number of benzene rings is 1. The van der Waals surface area contributed by atoms with Gasteiger partial charge in [0.1, 0.15) is 0 Å². The van der Waals surface area contributed by atoms with E-state index in [0.29, 0.717) is 0 Å². The highest BCUT2D eigenvalue weighted by atomic mass is 127. The van der Waals surface area contributed by atoms with E-state index < -0.39 is 58.5 Å². The van der Waals surface area contributed by atoms with Crippen LogP contribution in [0.4, 0.5) is 48.3 Å². The highest BCUT2D eigenvalue weighted by molar-refractivity contribution is 14.1. The lowest BCUT2D eigenvalue weighted by Crippen LogP contribution is -2.66. The topological polar surface area (TPSA) is 26.3 Å². The van der Waals surface area contributed by atoms with Crippen molar-refractivity contribution in [1.29, 1.82) is 0 Å². The van der Waals surface area contributed by atoms with E-state index >= 15 is 0 Å². The molecule has 176 valence electrons. The van der Waals surface area contributed by atoms with Crippen LogP contribution in [0.5, 0.6) is 0 Å². The van der Waals surface area contributed by atoms with Gasteiger partial charge in [0.05, 0.1) is 12.2 Å². The van der Waals surface area contributed by atoms with Gasteiger partial charge in [-0.15, -0.1) is 0 Å². The van der Waals surface area contributed by atoms with E-state index in [-0.39, 0.29) is 12.0 Å². The summed E-state index contributed by atoms with van der Waals surface area (Å²) in [5.74, 6) is -28.8. The van der Waals surface area contributed by atoms with Gasteiger partial charge in [-0.25, -0.2) is 4.79 Å². The molecule has 1 aromatic rings. The van der Waals surface area contributed by atoms with Gasteiger partial charge in [0, 0.05) is 6.08 Å². The summed E-state index contributed by atoms with van der Waals surface area (Å²) in [6.07, 6.45) is -8.83. The van der Waals surface area contributed by atoms with Gasteiger partial charge >= 0.3 is 35.8 Å². The smallest absolute Gasteiger partial charge is 0.460 e. The number of alkyl halides is 11. The number of esters is 1. The largest absolute Gasteiger partial charge is 0.462 e. The van der Waals surface area contributed by atoms with Crippen LogP contribution in [0.1, 0.15) is 23.2 Å². The highest BCUT2D eigenvalue weighted by Gasteiger charge is 2.86. The van der Waals surface area contributed by atoms with Crippen molar-refractivity contribution in [2.24, 2.45) is 0 Å². The molecule has 0 amide bonds. The molecule has 0 saturated carbocycles. The predicted octanol–water partition coefficient (Wildman–Crippen LogP) is 7.05. The molecule has 1 aromatic carbocycles. The summed E-state index contributed by atoms with van der Waals surface area (Å²) in [5.41, 5.74) is 0.145. The number of hydrogen-bond donors (Lipinski definition) is 0. The van der Waals surface area contributed by atoms with E-state index in [0.717, 1.165) is 22.6 Å². The standard InChI is InChI=1S/C17H12F11IO2/c18-13(19,14(20,21)15(22,23)16(24,25)17(26,27)28)9-11(29)7-4-8-31-12(30)10-5-2-1-3-6-10/h1-3,5-6,9H,4,7-8H2. The second-order valence-corrected chi connectivity index (χ2v) is 7.43. The van der Waals surface area contributed by atoms with Gasteiger partial charge in [0.25, 0.3) is 0 Å². The van der Waals surface area contributed by atoms with Crippen molar-refractivity contribution in [2.75, 3.05) is 6.61 Å². The van der Waals surface area contributed by atoms with Crippen LogP contribution in [-0.4, -0.2) is 42.4 Å². The molecular formula is C17H12F11IO2. The summed E-state index contributed by atoms with van der Waals surface area (Å²) in [6, 6.07) is 7.43. The third kappa shape index (κ3) is 5.80. The first-order valence-electron chi connectivity index (χ1n) is 8.06. The van der Waals surface area contributed by atoms with Gasteiger partial charge in [-0.3, -0.25) is 0 Å². The van der Waals surface area contributed by atoms with Crippen LogP contribution in [0.25, 0.3) is 0 Å². The Labute approximate surface area is 181 Å². The molecule has 1 rings (SSSR count). The first-order valence-corrected chi connectivity index (χ1v) is 9.14. The Morgan fingerprint density at radius 2 is 1.35 bits per heavy atom. The van der Waals surface area contributed by atoms with Gasteiger partial charge in [-0.1, -0.05) is 18.2 Å². The molecule has 2 nitrogen and oxygen atoms in total. The van der Waals surface area contributed by atoms with Crippen molar-refractivity contribution in [2.45, 2.75) is 42.7 Å². The molecule has 0 aromatic heterocycles. The third-order valence-corrected chi connectivity index (χ3v) is 4.55. The molecule has 14 heteroatoms. The summed E-state index contributed by atoms with van der Waals surface area (Å²) in [6.45, 7) is -0.404. The second-order valence-electron chi connectivity index (χ2n) is 6.04. The quantitative estimate of drug-likeness (QED) is 0.135. The molecule has 0 aliphatic carbocycles. The first-order chi connectivity index (χ1) is 13.9. The van der Waals surface area contributed by atoms with Crippen LogP contribution in [0.3, 0.4) is 0 Å². The zero-order valence-corrected chi connectivity index (χ0v) is 17.1. The maximum Gasteiger partial charge on any atom is 0.460 e. The Bertz CT molecular complexity index is 789. The van der Waals surface area contributed by atoms with E-state index in [1.807, 2.05) is 0 Å². The van der Waals surface area contributed by atoms with E-state index in [2.05, 4.69) is 0 Å². The second kappa shape index (κ2) is 9.48. The number of ether oxygens (including phenoxy) is 1. The van der Waals surface area contributed by atoms with Crippen molar-refractivity contribution < 1.29 is 57.8 Å². The minimum atomic E-state index is -7.44. The molecule has 0 heterocycles. The number of carbonyl (C=O) groups is 1. The number of halogens is 12. The molecule has 0 radical (unpaired) electrons. The molecule has 0 spiro atoms. The predicted molar refractivity (Wildman–Crippen MR) is 93.9 cm³/mol. The fourth-order valence-corrected chi connectivity index (χ4v) is 2.78. The van der Waals surface area contributed by atoms with Gasteiger partial charge in [-0.05, 0) is 51.1 Å². The summed E-state index contributed by atoms with van der Waals surface area (Å²) < 4.78 is 146. The molecule has 0 bridgehead atoms. The van der Waals surface area contributed by atoms with Crippen LogP contribution < -0.4 is 0 Å². The number of carbonyl (C=O) groups excluding carboxylic acids is 1.